The molecule has 3 aromatic rings. The summed E-state index contributed by atoms with van der Waals surface area (Å²) in [4.78, 5) is 12.4. The lowest BCUT2D eigenvalue weighted by Gasteiger charge is -2.10. The predicted octanol–water partition coefficient (Wildman–Crippen LogP) is 3.50. The first kappa shape index (κ1) is 18.9. The zero-order valence-electron chi connectivity index (χ0n) is 14.8. The smallest absolute Gasteiger partial charge is 0.298 e. The summed E-state index contributed by atoms with van der Waals surface area (Å²) < 4.78 is 49.0. The molecule has 1 N–H and O–H groups in total. The Hall–Kier alpha value is -2.84. The molecule has 3 rings (SSSR count). The maximum absolute atomic E-state index is 12.8. The van der Waals surface area contributed by atoms with Crippen LogP contribution in [0.15, 0.2) is 56.8 Å². The van der Waals surface area contributed by atoms with E-state index >= 15 is 0 Å². The minimum absolute atomic E-state index is 0.00952. The standard InChI is InChI=1S/C19H18O7S/c1-3-24-13-6-7-14-17(10-13)26-11-15(19(14)20)12-5-8-16(25-4-2)18(9-12)27(21,22)23/h5-11H,3-4H2,1-2H3,(H,21,22,23). The fourth-order valence-electron chi connectivity index (χ4n) is 2.72. The fourth-order valence-corrected chi connectivity index (χ4v) is 3.37. The Morgan fingerprint density at radius 1 is 1.04 bits per heavy atom. The number of benzene rings is 2. The lowest BCUT2D eigenvalue weighted by molar-refractivity contribution is 0.329. The van der Waals surface area contributed by atoms with E-state index < -0.39 is 15.0 Å². The molecule has 27 heavy (non-hydrogen) atoms. The van der Waals surface area contributed by atoms with Gasteiger partial charge < -0.3 is 13.9 Å². The molecule has 0 unspecified atom stereocenters. The van der Waals surface area contributed by atoms with Crippen molar-refractivity contribution in [3.63, 3.8) is 0 Å². The Bertz CT molecular complexity index is 1150. The van der Waals surface area contributed by atoms with E-state index in [2.05, 4.69) is 0 Å². The van der Waals surface area contributed by atoms with Crippen LogP contribution in [-0.2, 0) is 10.1 Å². The van der Waals surface area contributed by atoms with Gasteiger partial charge in [-0.3, -0.25) is 9.35 Å². The van der Waals surface area contributed by atoms with Gasteiger partial charge in [0.15, 0.2) is 5.43 Å². The summed E-state index contributed by atoms with van der Waals surface area (Å²) in [5, 5.41) is 0.332. The van der Waals surface area contributed by atoms with E-state index in [1.165, 1.54) is 24.5 Å². The summed E-state index contributed by atoms with van der Waals surface area (Å²) in [6, 6.07) is 8.98. The second kappa shape index (κ2) is 7.42. The summed E-state index contributed by atoms with van der Waals surface area (Å²) in [7, 11) is -4.53. The van der Waals surface area contributed by atoms with Crippen molar-refractivity contribution < 1.29 is 26.9 Å². The molecule has 0 saturated carbocycles. The first-order valence-corrected chi connectivity index (χ1v) is 9.72. The highest BCUT2D eigenvalue weighted by Gasteiger charge is 2.19. The van der Waals surface area contributed by atoms with Gasteiger partial charge in [0.1, 0.15) is 28.2 Å². The first-order chi connectivity index (χ1) is 12.8. The molecule has 8 heteroatoms. The van der Waals surface area contributed by atoms with Crippen molar-refractivity contribution >= 4 is 21.1 Å². The van der Waals surface area contributed by atoms with E-state index in [0.29, 0.717) is 23.3 Å². The number of rotatable bonds is 6. The van der Waals surface area contributed by atoms with Gasteiger partial charge in [-0.15, -0.1) is 0 Å². The molecule has 142 valence electrons. The number of hydrogen-bond donors (Lipinski definition) is 1. The molecule has 0 aliphatic heterocycles. The highest BCUT2D eigenvalue weighted by molar-refractivity contribution is 7.86. The van der Waals surface area contributed by atoms with E-state index in [1.54, 1.807) is 25.1 Å². The van der Waals surface area contributed by atoms with E-state index in [9.17, 15) is 17.8 Å². The average molecular weight is 390 g/mol. The van der Waals surface area contributed by atoms with Crippen LogP contribution in [0.4, 0.5) is 0 Å². The van der Waals surface area contributed by atoms with Crippen LogP contribution in [-0.4, -0.2) is 26.2 Å². The van der Waals surface area contributed by atoms with E-state index in [4.69, 9.17) is 13.9 Å². The number of hydrogen-bond acceptors (Lipinski definition) is 6. The van der Waals surface area contributed by atoms with Gasteiger partial charge in [-0.2, -0.15) is 8.42 Å². The van der Waals surface area contributed by atoms with Gasteiger partial charge in [0, 0.05) is 6.07 Å². The maximum Gasteiger partial charge on any atom is 0.298 e. The average Bonchev–Trinajstić information content (AvgIpc) is 2.62. The van der Waals surface area contributed by atoms with Crippen LogP contribution in [0, 0.1) is 0 Å². The quantitative estimate of drug-likeness (QED) is 0.643. The first-order valence-electron chi connectivity index (χ1n) is 8.28. The molecule has 0 amide bonds. The van der Waals surface area contributed by atoms with Gasteiger partial charge in [0.25, 0.3) is 10.1 Å². The summed E-state index contributed by atoms with van der Waals surface area (Å²) in [5.74, 6) is 0.589. The third-order valence-electron chi connectivity index (χ3n) is 3.89. The van der Waals surface area contributed by atoms with Crippen LogP contribution >= 0.6 is 0 Å². The number of fused-ring (bicyclic) bond motifs is 1. The van der Waals surface area contributed by atoms with Crippen LogP contribution < -0.4 is 14.9 Å². The molecule has 0 aliphatic rings. The molecule has 2 aromatic carbocycles. The Morgan fingerprint density at radius 2 is 1.78 bits per heavy atom. The maximum atomic E-state index is 12.8. The zero-order chi connectivity index (χ0) is 19.6. The third kappa shape index (κ3) is 3.81. The predicted molar refractivity (Wildman–Crippen MR) is 100 cm³/mol. The van der Waals surface area contributed by atoms with Gasteiger partial charge in [-0.25, -0.2) is 0 Å². The molecule has 1 aromatic heterocycles. The largest absolute Gasteiger partial charge is 0.494 e. The Labute approximate surface area is 155 Å². The van der Waals surface area contributed by atoms with E-state index in [1.807, 2.05) is 6.92 Å². The van der Waals surface area contributed by atoms with Crippen molar-refractivity contribution in [2.24, 2.45) is 0 Å². The second-order valence-corrected chi connectivity index (χ2v) is 7.03. The lowest BCUT2D eigenvalue weighted by Crippen LogP contribution is -2.07. The van der Waals surface area contributed by atoms with Crippen LogP contribution in [0.1, 0.15) is 13.8 Å². The summed E-state index contributed by atoms with van der Waals surface area (Å²) in [6.07, 6.45) is 1.25. The monoisotopic (exact) mass is 390 g/mol. The van der Waals surface area contributed by atoms with Crippen LogP contribution in [0.2, 0.25) is 0 Å². The third-order valence-corrected chi connectivity index (χ3v) is 4.76. The van der Waals surface area contributed by atoms with Gasteiger partial charge in [0.2, 0.25) is 0 Å². The van der Waals surface area contributed by atoms with Gasteiger partial charge in [-0.05, 0) is 43.7 Å². The Balaban J connectivity index is 2.16. The molecule has 0 radical (unpaired) electrons. The molecule has 0 aliphatic carbocycles. The topological polar surface area (TPSA) is 103 Å². The van der Waals surface area contributed by atoms with Crippen molar-refractivity contribution in [1.29, 1.82) is 0 Å². The molecule has 7 nitrogen and oxygen atoms in total. The minimum Gasteiger partial charge on any atom is -0.494 e. The number of ether oxygens (including phenoxy) is 2. The fraction of sp³-hybridized carbons (Fsp3) is 0.211. The molecule has 0 saturated heterocycles. The Morgan fingerprint density at radius 3 is 2.44 bits per heavy atom. The highest BCUT2D eigenvalue weighted by Crippen LogP contribution is 2.30. The molecule has 0 atom stereocenters. The van der Waals surface area contributed by atoms with Crippen molar-refractivity contribution in [1.82, 2.24) is 0 Å². The van der Waals surface area contributed by atoms with E-state index in [0.717, 1.165) is 0 Å². The summed E-state index contributed by atoms with van der Waals surface area (Å²) >= 11 is 0. The van der Waals surface area contributed by atoms with Crippen molar-refractivity contribution in [2.75, 3.05) is 13.2 Å². The normalized spacial score (nSPS) is 11.5. The van der Waals surface area contributed by atoms with Gasteiger partial charge in [-0.1, -0.05) is 6.07 Å². The van der Waals surface area contributed by atoms with E-state index in [-0.39, 0.29) is 28.9 Å². The zero-order valence-corrected chi connectivity index (χ0v) is 15.6. The molecular weight excluding hydrogens is 372 g/mol. The Kier molecular flexibility index (Phi) is 5.20. The molecule has 1 heterocycles. The van der Waals surface area contributed by atoms with Gasteiger partial charge >= 0.3 is 0 Å². The summed E-state index contributed by atoms with van der Waals surface area (Å²) in [5.41, 5.74) is 0.482. The second-order valence-electron chi connectivity index (χ2n) is 5.64. The van der Waals surface area contributed by atoms with Crippen molar-refractivity contribution in [3.8, 4) is 22.6 Å². The lowest BCUT2D eigenvalue weighted by atomic mass is 10.1. The molecule has 0 bridgehead atoms. The SMILES string of the molecule is CCOc1ccc2c(=O)c(-c3ccc(OCC)c(S(=O)(=O)O)c3)coc2c1. The molecule has 0 fully saturated rings. The van der Waals surface area contributed by atoms with Crippen LogP contribution in [0.3, 0.4) is 0 Å². The minimum atomic E-state index is -4.53. The van der Waals surface area contributed by atoms with Crippen LogP contribution in [0.5, 0.6) is 11.5 Å². The van der Waals surface area contributed by atoms with Crippen LogP contribution in [0.25, 0.3) is 22.1 Å². The van der Waals surface area contributed by atoms with Crippen molar-refractivity contribution in [3.05, 3.63) is 52.9 Å². The van der Waals surface area contributed by atoms with Gasteiger partial charge in [0.05, 0.1) is 24.2 Å². The highest BCUT2D eigenvalue weighted by atomic mass is 32.2. The van der Waals surface area contributed by atoms with Crippen molar-refractivity contribution in [2.45, 2.75) is 18.7 Å². The molecular formula is C19H18O7S. The molecule has 0 spiro atoms. The summed E-state index contributed by atoms with van der Waals surface area (Å²) in [6.45, 7) is 4.25.